The van der Waals surface area contributed by atoms with E-state index >= 15 is 0 Å². The van der Waals surface area contributed by atoms with E-state index in [-0.39, 0.29) is 12.4 Å². The van der Waals surface area contributed by atoms with Crippen LogP contribution in [0.3, 0.4) is 0 Å². The van der Waals surface area contributed by atoms with Crippen molar-refractivity contribution in [2.24, 2.45) is 0 Å². The normalized spacial score (nSPS) is 10.1. The maximum absolute atomic E-state index is 13.0. The first-order valence-electron chi connectivity index (χ1n) is 8.81. The first-order chi connectivity index (χ1) is 13.4. The SMILES string of the molecule is C=C(C)C(=O)OCCNc1cc(OC)c(OC)cc1C(=O)c1ccc(C)cc1. The summed E-state index contributed by atoms with van der Waals surface area (Å²) < 4.78 is 15.8. The Labute approximate surface area is 165 Å². The van der Waals surface area contributed by atoms with Crippen LogP contribution in [-0.2, 0) is 9.53 Å². The molecule has 0 aliphatic heterocycles. The molecule has 6 nitrogen and oxygen atoms in total. The maximum Gasteiger partial charge on any atom is 0.333 e. The van der Waals surface area contributed by atoms with Crippen LogP contribution < -0.4 is 14.8 Å². The average molecular weight is 383 g/mol. The Morgan fingerprint density at radius 2 is 1.64 bits per heavy atom. The molecular formula is C22H25NO5. The molecule has 0 aliphatic rings. The zero-order valence-corrected chi connectivity index (χ0v) is 16.6. The van der Waals surface area contributed by atoms with E-state index < -0.39 is 5.97 Å². The van der Waals surface area contributed by atoms with Gasteiger partial charge in [0.25, 0.3) is 0 Å². The van der Waals surface area contributed by atoms with Crippen LogP contribution >= 0.6 is 0 Å². The molecule has 2 rings (SSSR count). The molecule has 0 saturated carbocycles. The van der Waals surface area contributed by atoms with E-state index in [1.54, 1.807) is 31.2 Å². The third kappa shape index (κ3) is 5.13. The highest BCUT2D eigenvalue weighted by molar-refractivity contribution is 6.12. The third-order valence-corrected chi connectivity index (χ3v) is 4.08. The van der Waals surface area contributed by atoms with Crippen molar-refractivity contribution in [2.75, 3.05) is 32.7 Å². The highest BCUT2D eigenvalue weighted by Crippen LogP contribution is 2.34. The Bertz CT molecular complexity index is 871. The molecular weight excluding hydrogens is 358 g/mol. The van der Waals surface area contributed by atoms with Gasteiger partial charge in [0, 0.05) is 35.0 Å². The van der Waals surface area contributed by atoms with E-state index in [0.29, 0.717) is 40.4 Å². The van der Waals surface area contributed by atoms with Crippen molar-refractivity contribution in [3.8, 4) is 11.5 Å². The number of aryl methyl sites for hydroxylation is 1. The van der Waals surface area contributed by atoms with E-state index in [2.05, 4.69) is 11.9 Å². The van der Waals surface area contributed by atoms with Crippen molar-refractivity contribution in [1.82, 2.24) is 0 Å². The lowest BCUT2D eigenvalue weighted by molar-refractivity contribution is -0.138. The molecule has 0 unspecified atom stereocenters. The summed E-state index contributed by atoms with van der Waals surface area (Å²) in [7, 11) is 3.04. The summed E-state index contributed by atoms with van der Waals surface area (Å²) in [5.41, 5.74) is 2.97. The lowest BCUT2D eigenvalue weighted by Gasteiger charge is -2.16. The Morgan fingerprint density at radius 3 is 2.21 bits per heavy atom. The van der Waals surface area contributed by atoms with Gasteiger partial charge in [0.2, 0.25) is 0 Å². The second-order valence-corrected chi connectivity index (χ2v) is 6.29. The number of methoxy groups -OCH3 is 2. The van der Waals surface area contributed by atoms with E-state index in [4.69, 9.17) is 14.2 Å². The summed E-state index contributed by atoms with van der Waals surface area (Å²) in [5, 5.41) is 3.13. The predicted molar refractivity (Wildman–Crippen MR) is 108 cm³/mol. The van der Waals surface area contributed by atoms with Gasteiger partial charge in [-0.2, -0.15) is 0 Å². The van der Waals surface area contributed by atoms with Gasteiger partial charge in [-0.05, 0) is 19.9 Å². The molecule has 0 spiro atoms. The number of rotatable bonds is 9. The second-order valence-electron chi connectivity index (χ2n) is 6.29. The van der Waals surface area contributed by atoms with Gasteiger partial charge in [-0.15, -0.1) is 0 Å². The van der Waals surface area contributed by atoms with Crippen LogP contribution in [-0.4, -0.2) is 39.1 Å². The third-order valence-electron chi connectivity index (χ3n) is 4.08. The van der Waals surface area contributed by atoms with Gasteiger partial charge in [0.1, 0.15) is 6.61 Å². The van der Waals surface area contributed by atoms with Gasteiger partial charge < -0.3 is 19.5 Å². The molecule has 148 valence electrons. The quantitative estimate of drug-likeness (QED) is 0.307. The zero-order chi connectivity index (χ0) is 20.7. The summed E-state index contributed by atoms with van der Waals surface area (Å²) in [6.45, 7) is 7.55. The van der Waals surface area contributed by atoms with E-state index in [9.17, 15) is 9.59 Å². The van der Waals surface area contributed by atoms with Crippen LogP contribution in [0.2, 0.25) is 0 Å². The van der Waals surface area contributed by atoms with E-state index in [1.807, 2.05) is 19.1 Å². The number of carbonyl (C=O) groups excluding carboxylic acids is 2. The van der Waals surface area contributed by atoms with Crippen molar-refractivity contribution in [2.45, 2.75) is 13.8 Å². The Balaban J connectivity index is 2.28. The number of benzene rings is 2. The van der Waals surface area contributed by atoms with Crippen LogP contribution in [0.5, 0.6) is 11.5 Å². The van der Waals surface area contributed by atoms with Crippen molar-refractivity contribution >= 4 is 17.4 Å². The fraction of sp³-hybridized carbons (Fsp3) is 0.273. The van der Waals surface area contributed by atoms with Crippen LogP contribution in [0.4, 0.5) is 5.69 Å². The van der Waals surface area contributed by atoms with Crippen molar-refractivity contribution in [3.05, 3.63) is 65.2 Å². The smallest absolute Gasteiger partial charge is 0.333 e. The molecule has 0 aromatic heterocycles. The fourth-order valence-corrected chi connectivity index (χ4v) is 2.53. The number of esters is 1. The monoisotopic (exact) mass is 383 g/mol. The second kappa shape index (κ2) is 9.60. The Morgan fingerprint density at radius 1 is 1.04 bits per heavy atom. The van der Waals surface area contributed by atoms with Crippen LogP contribution in [0, 0.1) is 6.92 Å². The van der Waals surface area contributed by atoms with Crippen molar-refractivity contribution in [1.29, 1.82) is 0 Å². The fourth-order valence-electron chi connectivity index (χ4n) is 2.53. The molecule has 28 heavy (non-hydrogen) atoms. The molecule has 2 aromatic carbocycles. The van der Waals surface area contributed by atoms with Gasteiger partial charge in [0.05, 0.1) is 14.2 Å². The molecule has 6 heteroatoms. The van der Waals surface area contributed by atoms with Gasteiger partial charge >= 0.3 is 5.97 Å². The number of hydrogen-bond acceptors (Lipinski definition) is 6. The van der Waals surface area contributed by atoms with Crippen LogP contribution in [0.15, 0.2) is 48.6 Å². The molecule has 0 amide bonds. The Kier molecular flexibility index (Phi) is 7.21. The van der Waals surface area contributed by atoms with E-state index in [0.717, 1.165) is 5.56 Å². The first kappa shape index (κ1) is 21.0. The topological polar surface area (TPSA) is 73.9 Å². The zero-order valence-electron chi connectivity index (χ0n) is 16.6. The summed E-state index contributed by atoms with van der Waals surface area (Å²) in [5.74, 6) is 0.342. The molecule has 0 fully saturated rings. The Hall–Kier alpha value is -3.28. The number of ether oxygens (including phenoxy) is 3. The van der Waals surface area contributed by atoms with Crippen LogP contribution in [0.1, 0.15) is 28.4 Å². The lowest BCUT2D eigenvalue weighted by atomic mass is 10.00. The molecule has 0 aliphatic carbocycles. The predicted octanol–water partition coefficient (Wildman–Crippen LogP) is 3.77. The molecule has 2 aromatic rings. The minimum Gasteiger partial charge on any atom is -0.493 e. The number of anilines is 1. The number of hydrogen-bond donors (Lipinski definition) is 1. The first-order valence-corrected chi connectivity index (χ1v) is 8.81. The summed E-state index contributed by atoms with van der Waals surface area (Å²) in [6.07, 6.45) is 0. The van der Waals surface area contributed by atoms with Crippen molar-refractivity contribution in [3.63, 3.8) is 0 Å². The minimum absolute atomic E-state index is 0.137. The molecule has 0 heterocycles. The van der Waals surface area contributed by atoms with Gasteiger partial charge in [-0.3, -0.25) is 4.79 Å². The van der Waals surface area contributed by atoms with Gasteiger partial charge in [-0.25, -0.2) is 4.79 Å². The molecule has 0 radical (unpaired) electrons. The highest BCUT2D eigenvalue weighted by atomic mass is 16.5. The minimum atomic E-state index is -0.454. The van der Waals surface area contributed by atoms with Gasteiger partial charge in [0.15, 0.2) is 17.3 Å². The molecule has 1 N–H and O–H groups in total. The highest BCUT2D eigenvalue weighted by Gasteiger charge is 2.18. The van der Waals surface area contributed by atoms with Crippen LogP contribution in [0.25, 0.3) is 0 Å². The summed E-state index contributed by atoms with van der Waals surface area (Å²) in [4.78, 5) is 24.5. The number of nitrogens with one attached hydrogen (secondary N) is 1. The standard InChI is InChI=1S/C22H25NO5/c1-14(2)22(25)28-11-10-23-18-13-20(27-5)19(26-4)12-17(18)21(24)16-8-6-15(3)7-9-16/h6-9,12-13,23H,1,10-11H2,2-5H3. The maximum atomic E-state index is 13.0. The molecule has 0 saturated heterocycles. The number of ketones is 1. The largest absolute Gasteiger partial charge is 0.493 e. The van der Waals surface area contributed by atoms with E-state index in [1.165, 1.54) is 14.2 Å². The molecule has 0 bridgehead atoms. The molecule has 0 atom stereocenters. The summed E-state index contributed by atoms with van der Waals surface area (Å²) >= 11 is 0. The van der Waals surface area contributed by atoms with Gasteiger partial charge in [-0.1, -0.05) is 36.4 Å². The lowest BCUT2D eigenvalue weighted by Crippen LogP contribution is -2.16. The average Bonchev–Trinajstić information content (AvgIpc) is 2.70. The van der Waals surface area contributed by atoms with Crippen molar-refractivity contribution < 1.29 is 23.8 Å². The number of carbonyl (C=O) groups is 2. The summed E-state index contributed by atoms with van der Waals surface area (Å²) in [6, 6.07) is 10.7.